The number of carbonyl (C=O) groups is 2. The molecule has 1 saturated heterocycles. The van der Waals surface area contributed by atoms with Crippen molar-refractivity contribution in [2.24, 2.45) is 5.92 Å². The van der Waals surface area contributed by atoms with Crippen molar-refractivity contribution in [3.8, 4) is 5.75 Å². The molecular formula is C26H33N3O5. The maximum absolute atomic E-state index is 13.0. The van der Waals surface area contributed by atoms with E-state index in [0.29, 0.717) is 50.3 Å². The van der Waals surface area contributed by atoms with E-state index in [-0.39, 0.29) is 29.7 Å². The molecule has 34 heavy (non-hydrogen) atoms. The lowest BCUT2D eigenvalue weighted by Gasteiger charge is -2.21. The molecule has 0 radical (unpaired) electrons. The summed E-state index contributed by atoms with van der Waals surface area (Å²) in [5.74, 6) is -0.167. The van der Waals surface area contributed by atoms with Crippen molar-refractivity contribution >= 4 is 11.9 Å². The summed E-state index contributed by atoms with van der Waals surface area (Å²) in [4.78, 5) is 41.6. The molecule has 0 saturated carbocycles. The number of methoxy groups -OCH3 is 1. The Morgan fingerprint density at radius 2 is 1.91 bits per heavy atom. The summed E-state index contributed by atoms with van der Waals surface area (Å²) in [6, 6.07) is 7.84. The first kappa shape index (κ1) is 24.0. The number of nitrogens with zero attached hydrogens (tertiary/aromatic N) is 3. The number of carbonyl (C=O) groups excluding carboxylic acids is 2. The monoisotopic (exact) mass is 467 g/mol. The zero-order chi connectivity index (χ0) is 24.4. The van der Waals surface area contributed by atoms with Gasteiger partial charge >= 0.3 is 5.97 Å². The minimum atomic E-state index is -0.513. The third-order valence-corrected chi connectivity index (χ3v) is 6.87. The average Bonchev–Trinajstić information content (AvgIpc) is 2.99. The van der Waals surface area contributed by atoms with Crippen LogP contribution in [-0.2, 0) is 29.0 Å². The van der Waals surface area contributed by atoms with Crippen molar-refractivity contribution in [2.75, 3.05) is 40.4 Å². The van der Waals surface area contributed by atoms with Crippen molar-refractivity contribution in [2.45, 2.75) is 39.8 Å². The maximum Gasteiger partial charge on any atom is 0.343 e. The largest absolute Gasteiger partial charge is 0.492 e. The molecule has 182 valence electrons. The van der Waals surface area contributed by atoms with Gasteiger partial charge in [-0.3, -0.25) is 14.5 Å². The van der Waals surface area contributed by atoms with Gasteiger partial charge in [0.05, 0.1) is 13.7 Å². The Morgan fingerprint density at radius 1 is 1.12 bits per heavy atom. The predicted octanol–water partition coefficient (Wildman–Crippen LogP) is 2.17. The summed E-state index contributed by atoms with van der Waals surface area (Å²) in [6.45, 7) is 7.76. The van der Waals surface area contributed by atoms with E-state index in [9.17, 15) is 14.4 Å². The normalized spacial score (nSPS) is 18.5. The van der Waals surface area contributed by atoms with E-state index in [1.807, 2.05) is 0 Å². The molecule has 0 bridgehead atoms. The Morgan fingerprint density at radius 3 is 2.62 bits per heavy atom. The number of likely N-dealkylation sites (tertiary alicyclic amines) is 1. The first-order valence-corrected chi connectivity index (χ1v) is 11.8. The molecule has 2 aliphatic rings. The molecule has 1 aromatic heterocycles. The van der Waals surface area contributed by atoms with Gasteiger partial charge in [0.15, 0.2) is 0 Å². The maximum atomic E-state index is 13.0. The number of rotatable bonds is 6. The Hall–Kier alpha value is -3.13. The van der Waals surface area contributed by atoms with E-state index >= 15 is 0 Å². The first-order chi connectivity index (χ1) is 16.3. The van der Waals surface area contributed by atoms with Crippen LogP contribution in [0.2, 0.25) is 0 Å². The number of hydrogen-bond acceptors (Lipinski definition) is 6. The van der Waals surface area contributed by atoms with E-state index in [1.165, 1.54) is 29.9 Å². The standard InChI is InChI=1S/C26H33N3O5/c1-17-5-6-18(2)20(11-17)15-28-8-7-21-25(26(32)33-4)22(13-24(31)29(21)10-9-28)34-16-19-12-23(30)27(3)14-19/h5-6,11,13,19H,7-10,12,14-16H2,1-4H3. The molecule has 0 spiro atoms. The van der Waals surface area contributed by atoms with Gasteiger partial charge in [-0.15, -0.1) is 0 Å². The zero-order valence-electron chi connectivity index (χ0n) is 20.4. The van der Waals surface area contributed by atoms with E-state index < -0.39 is 5.97 Å². The lowest BCUT2D eigenvalue weighted by atomic mass is 10.0. The topological polar surface area (TPSA) is 81.1 Å². The summed E-state index contributed by atoms with van der Waals surface area (Å²) in [5, 5.41) is 0. The quantitative estimate of drug-likeness (QED) is 0.606. The highest BCUT2D eigenvalue weighted by Gasteiger charge is 2.30. The van der Waals surface area contributed by atoms with Gasteiger partial charge in [-0.1, -0.05) is 23.8 Å². The van der Waals surface area contributed by atoms with Crippen molar-refractivity contribution in [1.82, 2.24) is 14.4 Å². The molecule has 0 N–H and O–H groups in total. The van der Waals surface area contributed by atoms with Gasteiger partial charge in [-0.05, 0) is 25.0 Å². The van der Waals surface area contributed by atoms with Crippen molar-refractivity contribution in [1.29, 1.82) is 0 Å². The molecule has 0 aliphatic carbocycles. The number of ether oxygens (including phenoxy) is 2. The molecule has 2 aromatic rings. The van der Waals surface area contributed by atoms with E-state index in [4.69, 9.17) is 9.47 Å². The van der Waals surface area contributed by atoms with Crippen LogP contribution in [0.25, 0.3) is 0 Å². The molecule has 1 fully saturated rings. The molecule has 4 rings (SSSR count). The molecule has 1 aromatic carbocycles. The third-order valence-electron chi connectivity index (χ3n) is 6.87. The molecule has 1 atom stereocenters. The predicted molar refractivity (Wildman–Crippen MR) is 128 cm³/mol. The van der Waals surface area contributed by atoms with E-state index in [2.05, 4.69) is 36.9 Å². The molecule has 8 nitrogen and oxygen atoms in total. The van der Waals surface area contributed by atoms with Crippen LogP contribution in [0.3, 0.4) is 0 Å². The SMILES string of the molecule is COC(=O)c1c(OCC2CC(=O)N(C)C2)cc(=O)n2c1CCN(Cc1cc(C)ccc1C)CC2. The minimum Gasteiger partial charge on any atom is -0.492 e. The Bertz CT molecular complexity index is 1160. The fourth-order valence-electron chi connectivity index (χ4n) is 4.87. The van der Waals surface area contributed by atoms with Crippen LogP contribution in [0.1, 0.15) is 39.2 Å². The Labute approximate surface area is 200 Å². The van der Waals surface area contributed by atoms with Crippen LogP contribution in [0, 0.1) is 19.8 Å². The van der Waals surface area contributed by atoms with Gasteiger partial charge in [0.25, 0.3) is 5.56 Å². The van der Waals surface area contributed by atoms with Crippen LogP contribution in [0.4, 0.5) is 0 Å². The molecule has 3 heterocycles. The highest BCUT2D eigenvalue weighted by molar-refractivity contribution is 5.93. The van der Waals surface area contributed by atoms with Crippen LogP contribution in [-0.4, -0.2) is 66.6 Å². The van der Waals surface area contributed by atoms with Gasteiger partial charge in [-0.2, -0.15) is 0 Å². The summed E-state index contributed by atoms with van der Waals surface area (Å²) in [5.41, 5.74) is 4.51. The third kappa shape index (κ3) is 5.01. The highest BCUT2D eigenvalue weighted by Crippen LogP contribution is 2.26. The van der Waals surface area contributed by atoms with Gasteiger partial charge < -0.3 is 18.9 Å². The number of aromatic nitrogens is 1. The second-order valence-electron chi connectivity index (χ2n) is 9.42. The fraction of sp³-hybridized carbons (Fsp3) is 0.500. The molecule has 1 unspecified atom stereocenters. The second-order valence-corrected chi connectivity index (χ2v) is 9.42. The molecule has 1 amide bonds. The summed E-state index contributed by atoms with van der Waals surface area (Å²) < 4.78 is 12.7. The number of hydrogen-bond donors (Lipinski definition) is 0. The molecule has 8 heteroatoms. The number of aryl methyl sites for hydroxylation is 2. The van der Waals surface area contributed by atoms with Gasteiger partial charge in [0.2, 0.25) is 5.91 Å². The number of fused-ring (bicyclic) bond motifs is 1. The van der Waals surface area contributed by atoms with Crippen molar-refractivity contribution in [3.63, 3.8) is 0 Å². The van der Waals surface area contributed by atoms with Crippen molar-refractivity contribution in [3.05, 3.63) is 62.6 Å². The molecular weight excluding hydrogens is 434 g/mol. The number of pyridine rings is 1. The number of amides is 1. The lowest BCUT2D eigenvalue weighted by Crippen LogP contribution is -2.29. The summed E-state index contributed by atoms with van der Waals surface area (Å²) in [6.07, 6.45) is 0.938. The number of esters is 1. The van der Waals surface area contributed by atoms with E-state index in [0.717, 1.165) is 6.54 Å². The minimum absolute atomic E-state index is 0.0256. The smallest absolute Gasteiger partial charge is 0.343 e. The average molecular weight is 468 g/mol. The second kappa shape index (κ2) is 10.0. The van der Waals surface area contributed by atoms with Crippen LogP contribution in [0.5, 0.6) is 5.75 Å². The van der Waals surface area contributed by atoms with Crippen LogP contribution >= 0.6 is 0 Å². The summed E-state index contributed by atoms with van der Waals surface area (Å²) >= 11 is 0. The highest BCUT2D eigenvalue weighted by atomic mass is 16.5. The lowest BCUT2D eigenvalue weighted by molar-refractivity contribution is -0.126. The van der Waals surface area contributed by atoms with Crippen molar-refractivity contribution < 1.29 is 19.1 Å². The van der Waals surface area contributed by atoms with Crippen LogP contribution in [0.15, 0.2) is 29.1 Å². The molecule has 2 aliphatic heterocycles. The van der Waals surface area contributed by atoms with Gasteiger partial charge in [0, 0.05) is 70.3 Å². The number of benzene rings is 1. The van der Waals surface area contributed by atoms with Gasteiger partial charge in [0.1, 0.15) is 11.3 Å². The Kier molecular flexibility index (Phi) is 7.07. The summed E-state index contributed by atoms with van der Waals surface area (Å²) in [7, 11) is 3.10. The first-order valence-electron chi connectivity index (χ1n) is 11.8. The van der Waals surface area contributed by atoms with Gasteiger partial charge in [-0.25, -0.2) is 4.79 Å². The Balaban J connectivity index is 1.57. The zero-order valence-corrected chi connectivity index (χ0v) is 20.4. The van der Waals surface area contributed by atoms with Crippen LogP contribution < -0.4 is 10.3 Å². The van der Waals surface area contributed by atoms with E-state index in [1.54, 1.807) is 16.5 Å². The fourth-order valence-corrected chi connectivity index (χ4v) is 4.87.